The van der Waals surface area contributed by atoms with Crippen molar-refractivity contribution in [3.05, 3.63) is 0 Å². The maximum atomic E-state index is 12.6. The number of carbonyl (C=O) groups excluding carboxylic acids is 1. The Kier molecular flexibility index (Phi) is 4.16. The summed E-state index contributed by atoms with van der Waals surface area (Å²) in [5, 5.41) is 10.0. The van der Waals surface area contributed by atoms with Gasteiger partial charge in [0.25, 0.3) is 0 Å². The molecule has 0 aromatic carbocycles. The first-order valence-electron chi connectivity index (χ1n) is 9.42. The molecule has 0 radical (unpaired) electrons. The van der Waals surface area contributed by atoms with Crippen LogP contribution in [0.1, 0.15) is 51.4 Å². The van der Waals surface area contributed by atoms with Gasteiger partial charge >= 0.3 is 0 Å². The van der Waals surface area contributed by atoms with E-state index in [-0.39, 0.29) is 6.10 Å². The smallest absolute Gasteiger partial charge is 0.222 e. The number of aliphatic hydroxyl groups excluding tert-OH is 1. The Labute approximate surface area is 133 Å². The Morgan fingerprint density at radius 3 is 2.09 bits per heavy atom. The molecule has 22 heavy (non-hydrogen) atoms. The summed E-state index contributed by atoms with van der Waals surface area (Å²) in [6.07, 6.45) is 9.34. The highest BCUT2D eigenvalue weighted by molar-refractivity contribution is 5.76. The van der Waals surface area contributed by atoms with Crippen molar-refractivity contribution in [1.29, 1.82) is 0 Å². The maximum Gasteiger partial charge on any atom is 0.222 e. The highest BCUT2D eigenvalue weighted by Crippen LogP contribution is 2.50. The molecule has 4 fully saturated rings. The molecule has 1 heterocycles. The fraction of sp³-hybridized carbons (Fsp3) is 0.944. The van der Waals surface area contributed by atoms with Crippen LogP contribution in [0.3, 0.4) is 0 Å². The van der Waals surface area contributed by atoms with Crippen molar-refractivity contribution in [3.8, 4) is 0 Å². The molecular weight excluding hydrogens is 276 g/mol. The van der Waals surface area contributed by atoms with Crippen molar-refractivity contribution < 1.29 is 9.90 Å². The van der Waals surface area contributed by atoms with Crippen molar-refractivity contribution in [2.24, 2.45) is 17.8 Å². The van der Waals surface area contributed by atoms with E-state index >= 15 is 0 Å². The van der Waals surface area contributed by atoms with Crippen LogP contribution in [0.2, 0.25) is 0 Å². The zero-order valence-corrected chi connectivity index (χ0v) is 13.6. The predicted octanol–water partition coefficient (Wildman–Crippen LogP) is 1.87. The molecule has 1 saturated heterocycles. The van der Waals surface area contributed by atoms with Gasteiger partial charge in [-0.05, 0) is 62.7 Å². The lowest BCUT2D eigenvalue weighted by molar-refractivity contribution is -0.135. The number of carbonyl (C=O) groups is 1. The first-order valence-corrected chi connectivity index (χ1v) is 9.42. The third-order valence-electron chi connectivity index (χ3n) is 6.45. The Bertz CT molecular complexity index is 399. The van der Waals surface area contributed by atoms with Crippen molar-refractivity contribution >= 4 is 5.91 Å². The van der Waals surface area contributed by atoms with Crippen molar-refractivity contribution in [3.63, 3.8) is 0 Å². The lowest BCUT2D eigenvalue weighted by atomic mass is 9.93. The molecule has 4 rings (SSSR count). The van der Waals surface area contributed by atoms with Crippen molar-refractivity contribution in [1.82, 2.24) is 9.80 Å². The average Bonchev–Trinajstić information content (AvgIpc) is 3.44. The number of piperazine rings is 1. The lowest BCUT2D eigenvalue weighted by Gasteiger charge is -2.39. The summed E-state index contributed by atoms with van der Waals surface area (Å²) in [7, 11) is 0. The van der Waals surface area contributed by atoms with Crippen LogP contribution < -0.4 is 0 Å². The normalized spacial score (nSPS) is 33.6. The summed E-state index contributed by atoms with van der Waals surface area (Å²) in [5.41, 5.74) is 0. The van der Waals surface area contributed by atoms with E-state index in [2.05, 4.69) is 9.80 Å². The molecule has 1 aliphatic heterocycles. The number of rotatable bonds is 5. The van der Waals surface area contributed by atoms with Gasteiger partial charge in [0.1, 0.15) is 0 Å². The quantitative estimate of drug-likeness (QED) is 0.843. The van der Waals surface area contributed by atoms with E-state index in [0.717, 1.165) is 63.7 Å². The van der Waals surface area contributed by atoms with Gasteiger partial charge in [0.15, 0.2) is 0 Å². The largest absolute Gasteiger partial charge is 0.391 e. The van der Waals surface area contributed by atoms with Gasteiger partial charge in [-0.1, -0.05) is 0 Å². The Morgan fingerprint density at radius 2 is 1.59 bits per heavy atom. The van der Waals surface area contributed by atoms with E-state index in [4.69, 9.17) is 0 Å². The van der Waals surface area contributed by atoms with Gasteiger partial charge in [-0.2, -0.15) is 0 Å². The molecule has 3 saturated carbocycles. The minimum Gasteiger partial charge on any atom is -0.391 e. The summed E-state index contributed by atoms with van der Waals surface area (Å²) in [6, 6.07) is 0.350. The molecule has 3 aliphatic carbocycles. The van der Waals surface area contributed by atoms with Gasteiger partial charge in [-0.15, -0.1) is 0 Å². The van der Waals surface area contributed by atoms with Crippen molar-refractivity contribution in [2.75, 3.05) is 26.2 Å². The van der Waals surface area contributed by atoms with Crippen LogP contribution in [0.4, 0.5) is 0 Å². The van der Waals surface area contributed by atoms with E-state index in [0.29, 0.717) is 17.9 Å². The minimum atomic E-state index is -0.142. The molecule has 4 nitrogen and oxygen atoms in total. The molecule has 0 bridgehead atoms. The zero-order valence-electron chi connectivity index (χ0n) is 13.6. The molecule has 4 heteroatoms. The molecule has 0 aromatic heterocycles. The Hall–Kier alpha value is -0.610. The summed E-state index contributed by atoms with van der Waals surface area (Å²) in [5.74, 6) is 2.83. The monoisotopic (exact) mass is 306 g/mol. The van der Waals surface area contributed by atoms with Crippen LogP contribution in [-0.2, 0) is 4.79 Å². The predicted molar refractivity (Wildman–Crippen MR) is 85.4 cm³/mol. The summed E-state index contributed by atoms with van der Waals surface area (Å²) < 4.78 is 0. The average molecular weight is 306 g/mol. The molecule has 124 valence electrons. The van der Waals surface area contributed by atoms with Gasteiger partial charge in [-0.3, -0.25) is 9.69 Å². The lowest BCUT2D eigenvalue weighted by Crippen LogP contribution is -2.53. The number of nitrogens with zero attached hydrogens (tertiary/aromatic N) is 2. The molecule has 2 atom stereocenters. The van der Waals surface area contributed by atoms with Crippen LogP contribution in [0.5, 0.6) is 0 Å². The highest BCUT2D eigenvalue weighted by atomic mass is 16.3. The summed E-state index contributed by atoms with van der Waals surface area (Å²) in [4.78, 5) is 17.1. The second-order valence-electron chi connectivity index (χ2n) is 8.03. The van der Waals surface area contributed by atoms with E-state index in [1.807, 2.05) is 0 Å². The van der Waals surface area contributed by atoms with E-state index in [9.17, 15) is 9.90 Å². The minimum absolute atomic E-state index is 0.142. The van der Waals surface area contributed by atoms with E-state index in [1.54, 1.807) is 0 Å². The second-order valence-corrected chi connectivity index (χ2v) is 8.03. The highest BCUT2D eigenvalue weighted by Gasteiger charge is 2.43. The summed E-state index contributed by atoms with van der Waals surface area (Å²) >= 11 is 0. The maximum absolute atomic E-state index is 12.6. The molecule has 1 N–H and O–H groups in total. The van der Waals surface area contributed by atoms with Gasteiger partial charge < -0.3 is 10.0 Å². The molecule has 0 spiro atoms. The molecule has 0 aromatic rings. The molecule has 4 aliphatic rings. The number of hydrogen-bond acceptors (Lipinski definition) is 3. The van der Waals surface area contributed by atoms with Crippen LogP contribution in [0.25, 0.3) is 0 Å². The Morgan fingerprint density at radius 1 is 0.955 bits per heavy atom. The van der Waals surface area contributed by atoms with Crippen LogP contribution in [-0.4, -0.2) is 59.1 Å². The topological polar surface area (TPSA) is 43.8 Å². The number of amides is 1. The SMILES string of the molecule is O=C(CC(C1CC1)C1CC1)N1CCN(C2CCCC2O)CC1. The second kappa shape index (κ2) is 6.12. The molecule has 1 amide bonds. The zero-order chi connectivity index (χ0) is 15.1. The Balaban J connectivity index is 1.26. The first-order chi connectivity index (χ1) is 10.7. The van der Waals surface area contributed by atoms with Gasteiger partial charge in [0, 0.05) is 38.6 Å². The van der Waals surface area contributed by atoms with E-state index in [1.165, 1.54) is 25.7 Å². The fourth-order valence-electron chi connectivity index (χ4n) is 4.75. The third-order valence-corrected chi connectivity index (χ3v) is 6.45. The van der Waals surface area contributed by atoms with Crippen LogP contribution >= 0.6 is 0 Å². The molecule has 2 unspecified atom stereocenters. The third kappa shape index (κ3) is 3.18. The first kappa shape index (κ1) is 14.9. The van der Waals surface area contributed by atoms with Gasteiger partial charge in [0.05, 0.1) is 6.10 Å². The van der Waals surface area contributed by atoms with E-state index < -0.39 is 0 Å². The standard InChI is InChI=1S/C18H30N2O2/c21-17-3-1-2-16(17)19-8-10-20(11-9-19)18(22)12-15(13-4-5-13)14-6-7-14/h13-17,21H,1-12H2. The van der Waals surface area contributed by atoms with Crippen LogP contribution in [0.15, 0.2) is 0 Å². The van der Waals surface area contributed by atoms with Crippen molar-refractivity contribution in [2.45, 2.75) is 63.5 Å². The van der Waals surface area contributed by atoms with Gasteiger partial charge in [-0.25, -0.2) is 0 Å². The molecular formula is C18H30N2O2. The fourth-order valence-corrected chi connectivity index (χ4v) is 4.75. The number of hydrogen-bond donors (Lipinski definition) is 1. The summed E-state index contributed by atoms with van der Waals surface area (Å²) in [6.45, 7) is 3.63. The van der Waals surface area contributed by atoms with Gasteiger partial charge in [0.2, 0.25) is 5.91 Å². The van der Waals surface area contributed by atoms with Crippen LogP contribution in [0, 0.1) is 17.8 Å². The number of aliphatic hydroxyl groups is 1.